The summed E-state index contributed by atoms with van der Waals surface area (Å²) in [6.07, 6.45) is 1.21. The van der Waals surface area contributed by atoms with Crippen molar-refractivity contribution >= 4 is 12.1 Å². The Balaban J connectivity index is 4.80. The van der Waals surface area contributed by atoms with Crippen molar-refractivity contribution in [3.63, 3.8) is 0 Å². The highest BCUT2D eigenvalue weighted by Crippen LogP contribution is 2.11. The van der Waals surface area contributed by atoms with Gasteiger partial charge in [0.1, 0.15) is 5.60 Å². The predicted octanol–water partition coefficient (Wildman–Crippen LogP) is 2.66. The highest BCUT2D eigenvalue weighted by molar-refractivity contribution is 5.90. The molecule has 0 spiro atoms. The van der Waals surface area contributed by atoms with Crippen LogP contribution in [0.15, 0.2) is 11.6 Å². The Kier molecular flexibility index (Phi) is 6.59. The lowest BCUT2D eigenvalue weighted by Gasteiger charge is -2.22. The van der Waals surface area contributed by atoms with Gasteiger partial charge in [0.05, 0.1) is 18.7 Å². The average molecular weight is 271 g/mol. The second-order valence-corrected chi connectivity index (χ2v) is 5.73. The largest absolute Gasteiger partial charge is 0.466 e. The number of carbonyl (C=O) groups is 2. The molecule has 0 aliphatic rings. The molecule has 110 valence electrons. The average Bonchev–Trinajstić information content (AvgIpc) is 2.21. The highest BCUT2D eigenvalue weighted by Gasteiger charge is 2.23. The predicted molar refractivity (Wildman–Crippen MR) is 73.8 cm³/mol. The number of hydrogen-bond donors (Lipinski definition) is 1. The number of alkyl carbamates (subject to hydrolysis) is 1. The quantitative estimate of drug-likeness (QED) is 0.630. The van der Waals surface area contributed by atoms with Crippen LogP contribution in [0.5, 0.6) is 0 Å². The zero-order chi connectivity index (χ0) is 15.2. The zero-order valence-corrected chi connectivity index (χ0v) is 12.9. The van der Waals surface area contributed by atoms with Gasteiger partial charge in [0.15, 0.2) is 0 Å². The number of nitrogens with one attached hydrogen (secondary N) is 1. The van der Waals surface area contributed by atoms with Crippen molar-refractivity contribution in [2.45, 2.75) is 53.2 Å². The molecule has 0 saturated heterocycles. The van der Waals surface area contributed by atoms with Crippen LogP contribution in [0.25, 0.3) is 0 Å². The van der Waals surface area contributed by atoms with Gasteiger partial charge in [0.2, 0.25) is 0 Å². The lowest BCUT2D eigenvalue weighted by molar-refractivity contribution is -0.136. The lowest BCUT2D eigenvalue weighted by Crippen LogP contribution is -2.40. The molecule has 1 N–H and O–H groups in total. The van der Waals surface area contributed by atoms with Gasteiger partial charge in [-0.1, -0.05) is 19.9 Å². The SMILES string of the molecule is COC(=O)/C(=C/C(C)C)[C@@H](C)NC(=O)OC(C)(C)C. The van der Waals surface area contributed by atoms with Crippen LogP contribution >= 0.6 is 0 Å². The molecule has 0 rings (SSSR count). The monoisotopic (exact) mass is 271 g/mol. The molecule has 5 nitrogen and oxygen atoms in total. The van der Waals surface area contributed by atoms with Gasteiger partial charge in [-0.25, -0.2) is 9.59 Å². The first-order chi connectivity index (χ1) is 8.56. The van der Waals surface area contributed by atoms with Crippen molar-refractivity contribution in [1.29, 1.82) is 0 Å². The van der Waals surface area contributed by atoms with Crippen LogP contribution in [-0.4, -0.2) is 30.8 Å². The van der Waals surface area contributed by atoms with Crippen LogP contribution in [0.3, 0.4) is 0 Å². The van der Waals surface area contributed by atoms with Crippen molar-refractivity contribution in [1.82, 2.24) is 5.32 Å². The van der Waals surface area contributed by atoms with Gasteiger partial charge in [-0.3, -0.25) is 0 Å². The number of rotatable bonds is 4. The molecular formula is C14H25NO4. The van der Waals surface area contributed by atoms with Gasteiger partial charge in [0.25, 0.3) is 0 Å². The summed E-state index contributed by atoms with van der Waals surface area (Å²) in [6.45, 7) is 11.0. The van der Waals surface area contributed by atoms with E-state index in [0.29, 0.717) is 5.57 Å². The van der Waals surface area contributed by atoms with Crippen LogP contribution in [0.2, 0.25) is 0 Å². The van der Waals surface area contributed by atoms with Crippen molar-refractivity contribution in [3.05, 3.63) is 11.6 Å². The molecule has 0 unspecified atom stereocenters. The third-order valence-corrected chi connectivity index (χ3v) is 2.13. The van der Waals surface area contributed by atoms with Crippen molar-refractivity contribution < 1.29 is 19.1 Å². The molecule has 0 aliphatic heterocycles. The van der Waals surface area contributed by atoms with Gasteiger partial charge in [0, 0.05) is 0 Å². The smallest absolute Gasteiger partial charge is 0.408 e. The Labute approximate surface area is 115 Å². The molecule has 0 bridgehead atoms. The second-order valence-electron chi connectivity index (χ2n) is 5.73. The van der Waals surface area contributed by atoms with Gasteiger partial charge in [-0.05, 0) is 33.6 Å². The summed E-state index contributed by atoms with van der Waals surface area (Å²) in [5.41, 5.74) is -0.153. The maximum atomic E-state index is 11.7. The molecule has 0 aromatic rings. The standard InChI is InChI=1S/C14H25NO4/c1-9(2)8-11(12(16)18-7)10(3)15-13(17)19-14(4,5)6/h8-10H,1-7H3,(H,15,17)/b11-8+/t10-/m1/s1. The Morgan fingerprint density at radius 2 is 1.68 bits per heavy atom. The minimum Gasteiger partial charge on any atom is -0.466 e. The number of carbonyl (C=O) groups excluding carboxylic acids is 2. The third-order valence-electron chi connectivity index (χ3n) is 2.13. The summed E-state index contributed by atoms with van der Waals surface area (Å²) in [4.78, 5) is 23.3. The van der Waals surface area contributed by atoms with Crippen LogP contribution < -0.4 is 5.32 Å². The van der Waals surface area contributed by atoms with E-state index >= 15 is 0 Å². The first kappa shape index (κ1) is 17.5. The first-order valence-electron chi connectivity index (χ1n) is 6.36. The number of allylic oxidation sites excluding steroid dienone is 1. The Morgan fingerprint density at radius 1 is 1.16 bits per heavy atom. The number of hydrogen-bond acceptors (Lipinski definition) is 4. The zero-order valence-electron chi connectivity index (χ0n) is 12.9. The Hall–Kier alpha value is -1.52. The van der Waals surface area contributed by atoms with E-state index in [0.717, 1.165) is 0 Å². The Bertz CT molecular complexity index is 353. The maximum absolute atomic E-state index is 11.7. The molecule has 0 radical (unpaired) electrons. The van der Waals surface area contributed by atoms with Gasteiger partial charge < -0.3 is 14.8 Å². The molecule has 0 aromatic heterocycles. The maximum Gasteiger partial charge on any atom is 0.408 e. The number of ether oxygens (including phenoxy) is 2. The molecule has 19 heavy (non-hydrogen) atoms. The van der Waals surface area contributed by atoms with E-state index in [-0.39, 0.29) is 5.92 Å². The van der Waals surface area contributed by atoms with E-state index in [2.05, 4.69) is 5.32 Å². The molecule has 5 heteroatoms. The normalized spacial score (nSPS) is 14.0. The number of esters is 1. The molecule has 0 aliphatic carbocycles. The minimum absolute atomic E-state index is 0.178. The highest BCUT2D eigenvalue weighted by atomic mass is 16.6. The molecule has 1 atom stereocenters. The first-order valence-corrected chi connectivity index (χ1v) is 6.36. The van der Waals surface area contributed by atoms with Crippen LogP contribution in [0.4, 0.5) is 4.79 Å². The molecule has 0 heterocycles. The second kappa shape index (κ2) is 7.16. The summed E-state index contributed by atoms with van der Waals surface area (Å²) in [5, 5.41) is 2.63. The fraction of sp³-hybridized carbons (Fsp3) is 0.714. The fourth-order valence-electron chi connectivity index (χ4n) is 1.43. The minimum atomic E-state index is -0.572. The number of amides is 1. The summed E-state index contributed by atoms with van der Waals surface area (Å²) < 4.78 is 9.87. The van der Waals surface area contributed by atoms with Gasteiger partial charge in [-0.15, -0.1) is 0 Å². The lowest BCUT2D eigenvalue weighted by atomic mass is 10.0. The summed E-state index contributed by atoms with van der Waals surface area (Å²) >= 11 is 0. The van der Waals surface area contributed by atoms with E-state index < -0.39 is 23.7 Å². The Morgan fingerprint density at radius 3 is 2.05 bits per heavy atom. The van der Waals surface area contributed by atoms with Crippen molar-refractivity contribution in [3.8, 4) is 0 Å². The van der Waals surface area contributed by atoms with Crippen LogP contribution in [-0.2, 0) is 14.3 Å². The molecule has 0 aromatic carbocycles. The third kappa shape index (κ3) is 7.49. The molecule has 0 fully saturated rings. The van der Waals surface area contributed by atoms with Gasteiger partial charge >= 0.3 is 12.1 Å². The van der Waals surface area contributed by atoms with E-state index in [9.17, 15) is 9.59 Å². The van der Waals surface area contributed by atoms with E-state index in [1.807, 2.05) is 13.8 Å². The van der Waals surface area contributed by atoms with Gasteiger partial charge in [-0.2, -0.15) is 0 Å². The molecular weight excluding hydrogens is 246 g/mol. The summed E-state index contributed by atoms with van der Waals surface area (Å²) in [5.74, 6) is -0.269. The van der Waals surface area contributed by atoms with Crippen LogP contribution in [0, 0.1) is 5.92 Å². The summed E-state index contributed by atoms with van der Waals surface area (Å²) in [6, 6.07) is -0.468. The number of methoxy groups -OCH3 is 1. The van der Waals surface area contributed by atoms with Crippen LogP contribution in [0.1, 0.15) is 41.5 Å². The topological polar surface area (TPSA) is 64.6 Å². The molecule has 0 saturated carbocycles. The fourth-order valence-corrected chi connectivity index (χ4v) is 1.43. The van der Waals surface area contributed by atoms with E-state index in [1.54, 1.807) is 33.8 Å². The summed E-state index contributed by atoms with van der Waals surface area (Å²) in [7, 11) is 1.32. The van der Waals surface area contributed by atoms with Crippen molar-refractivity contribution in [2.75, 3.05) is 7.11 Å². The molecule has 1 amide bonds. The van der Waals surface area contributed by atoms with E-state index in [4.69, 9.17) is 9.47 Å². The van der Waals surface area contributed by atoms with Crippen molar-refractivity contribution in [2.24, 2.45) is 5.92 Å². The van der Waals surface area contributed by atoms with E-state index in [1.165, 1.54) is 7.11 Å².